The second-order valence-electron chi connectivity index (χ2n) is 9.52. The van der Waals surface area contributed by atoms with Crippen LogP contribution in [0.25, 0.3) is 5.69 Å². The van der Waals surface area contributed by atoms with E-state index in [1.54, 1.807) is 0 Å². The van der Waals surface area contributed by atoms with Gasteiger partial charge in [-0.1, -0.05) is 36.4 Å². The molecule has 0 saturated carbocycles. The first-order chi connectivity index (χ1) is 19.0. The normalized spacial score (nSPS) is 16.8. The molecule has 1 saturated heterocycles. The van der Waals surface area contributed by atoms with Gasteiger partial charge in [-0.2, -0.15) is 0 Å². The van der Waals surface area contributed by atoms with Gasteiger partial charge in [-0.15, -0.1) is 0 Å². The Morgan fingerprint density at radius 3 is 2.26 bits per heavy atom. The Kier molecular flexibility index (Phi) is 6.94. The number of nitrogens with zero attached hydrogens (tertiary/aromatic N) is 3. The van der Waals surface area contributed by atoms with Crippen LogP contribution in [-0.4, -0.2) is 14.7 Å². The van der Waals surface area contributed by atoms with Gasteiger partial charge in [0.05, 0.1) is 23.5 Å². The minimum atomic E-state index is -0.118. The third kappa shape index (κ3) is 4.84. The smallest absolute Gasteiger partial charge is 0.174 e. The summed E-state index contributed by atoms with van der Waals surface area (Å²) in [4.78, 5) is 6.91. The van der Waals surface area contributed by atoms with Gasteiger partial charge in [-0.05, 0) is 114 Å². The topological polar surface area (TPSA) is 42.3 Å². The quantitative estimate of drug-likeness (QED) is 0.201. The third-order valence-corrected chi connectivity index (χ3v) is 8.06. The Labute approximate surface area is 242 Å². The summed E-state index contributed by atoms with van der Waals surface area (Å²) >= 11 is 9.70. The van der Waals surface area contributed by atoms with Gasteiger partial charge >= 0.3 is 0 Å². The fraction of sp³-hybridized carbons (Fsp3) is 0.125. The first-order valence-corrected chi connectivity index (χ1v) is 14.0. The SMILES string of the molecule is Cc1cc([C@@H]2[C@H](c3ccccn3)NC(=S)N2c2ccc(Oc3ccccc3)cc2)c(C)n1-c1ccccc1Br. The lowest BCUT2D eigenvalue weighted by molar-refractivity contribution is 0.482. The molecule has 1 N–H and O–H groups in total. The maximum atomic E-state index is 6.04. The lowest BCUT2D eigenvalue weighted by atomic mass is 9.96. The molecule has 5 nitrogen and oxygen atoms in total. The van der Waals surface area contributed by atoms with Crippen LogP contribution in [-0.2, 0) is 0 Å². The minimum Gasteiger partial charge on any atom is -0.457 e. The predicted octanol–water partition coefficient (Wildman–Crippen LogP) is 8.22. The highest BCUT2D eigenvalue weighted by Gasteiger charge is 2.42. The van der Waals surface area contributed by atoms with Crippen molar-refractivity contribution in [2.75, 3.05) is 4.90 Å². The van der Waals surface area contributed by atoms with E-state index in [0.717, 1.165) is 44.4 Å². The second-order valence-corrected chi connectivity index (χ2v) is 10.8. The molecule has 6 rings (SSSR count). The number of para-hydroxylation sites is 2. The number of hydrogen-bond donors (Lipinski definition) is 1. The number of aromatic nitrogens is 2. The number of hydrogen-bond acceptors (Lipinski definition) is 3. The lowest BCUT2D eigenvalue weighted by Crippen LogP contribution is -2.29. The molecule has 3 aromatic carbocycles. The van der Waals surface area contributed by atoms with Gasteiger partial charge in [-0.3, -0.25) is 4.98 Å². The fourth-order valence-corrected chi connectivity index (χ4v) is 6.15. The highest BCUT2D eigenvalue weighted by molar-refractivity contribution is 9.10. The summed E-state index contributed by atoms with van der Waals surface area (Å²) in [6.45, 7) is 4.32. The molecular weight excluding hydrogens is 568 g/mol. The zero-order chi connectivity index (χ0) is 26.9. The van der Waals surface area contributed by atoms with Crippen molar-refractivity contribution in [1.29, 1.82) is 0 Å². The van der Waals surface area contributed by atoms with Gasteiger partial charge in [0.25, 0.3) is 0 Å². The summed E-state index contributed by atoms with van der Waals surface area (Å²) in [5.74, 6) is 1.57. The molecule has 3 heterocycles. The van der Waals surface area contributed by atoms with E-state index in [2.05, 4.69) is 87.0 Å². The Morgan fingerprint density at radius 2 is 1.54 bits per heavy atom. The zero-order valence-corrected chi connectivity index (χ0v) is 24.0. The molecule has 1 aliphatic heterocycles. The van der Waals surface area contributed by atoms with Crippen molar-refractivity contribution in [1.82, 2.24) is 14.9 Å². The van der Waals surface area contributed by atoms with Crippen LogP contribution in [0.15, 0.2) is 114 Å². The number of thiocarbonyl (C=S) groups is 1. The molecule has 0 unspecified atom stereocenters. The number of aryl methyl sites for hydroxylation is 1. The highest BCUT2D eigenvalue weighted by Crippen LogP contribution is 2.44. The second kappa shape index (κ2) is 10.7. The maximum absolute atomic E-state index is 6.04. The van der Waals surface area contributed by atoms with Crippen molar-refractivity contribution in [3.05, 3.63) is 136 Å². The van der Waals surface area contributed by atoms with Gasteiger partial charge in [0.15, 0.2) is 5.11 Å². The van der Waals surface area contributed by atoms with Crippen molar-refractivity contribution < 1.29 is 4.74 Å². The molecule has 0 radical (unpaired) electrons. The Balaban J connectivity index is 1.43. The van der Waals surface area contributed by atoms with Crippen LogP contribution in [0.4, 0.5) is 5.69 Å². The zero-order valence-electron chi connectivity index (χ0n) is 21.6. The first kappa shape index (κ1) is 25.3. The Hall–Kier alpha value is -3.94. The summed E-state index contributed by atoms with van der Waals surface area (Å²) in [6.07, 6.45) is 1.83. The van der Waals surface area contributed by atoms with Crippen molar-refractivity contribution >= 4 is 38.9 Å². The van der Waals surface area contributed by atoms with Crippen LogP contribution < -0.4 is 15.0 Å². The molecular formula is C32H27BrN4OS. The molecule has 1 aliphatic rings. The van der Waals surface area contributed by atoms with E-state index in [1.165, 1.54) is 5.56 Å². The van der Waals surface area contributed by atoms with Gasteiger partial charge in [0, 0.05) is 27.7 Å². The number of nitrogens with one attached hydrogen (secondary N) is 1. The Bertz CT molecular complexity index is 1620. The molecule has 0 amide bonds. The monoisotopic (exact) mass is 594 g/mol. The summed E-state index contributed by atoms with van der Waals surface area (Å²) in [6, 6.07) is 34.3. The van der Waals surface area contributed by atoms with Crippen molar-refractivity contribution in [3.63, 3.8) is 0 Å². The maximum Gasteiger partial charge on any atom is 0.174 e. The number of halogens is 1. The molecule has 1 fully saturated rings. The van der Waals surface area contributed by atoms with Crippen molar-refractivity contribution in [2.45, 2.75) is 25.9 Å². The minimum absolute atomic E-state index is 0.101. The molecule has 2 aromatic heterocycles. The van der Waals surface area contributed by atoms with Gasteiger partial charge in [0.1, 0.15) is 11.5 Å². The van der Waals surface area contributed by atoms with Crippen LogP contribution in [0.2, 0.25) is 0 Å². The molecule has 7 heteroatoms. The molecule has 2 atom stereocenters. The summed E-state index contributed by atoms with van der Waals surface area (Å²) < 4.78 is 9.38. The number of benzene rings is 3. The van der Waals surface area contributed by atoms with Crippen LogP contribution in [0.5, 0.6) is 11.5 Å². The van der Waals surface area contributed by atoms with E-state index in [0.29, 0.717) is 5.11 Å². The fourth-order valence-electron chi connectivity index (χ4n) is 5.34. The molecule has 0 bridgehead atoms. The molecule has 0 spiro atoms. The van der Waals surface area contributed by atoms with Gasteiger partial charge in [-0.25, -0.2) is 0 Å². The largest absolute Gasteiger partial charge is 0.457 e. The van der Waals surface area contributed by atoms with Crippen LogP contribution in [0, 0.1) is 13.8 Å². The van der Waals surface area contributed by atoms with E-state index >= 15 is 0 Å². The lowest BCUT2D eigenvalue weighted by Gasteiger charge is -2.28. The third-order valence-electron chi connectivity index (χ3n) is 7.07. The van der Waals surface area contributed by atoms with Crippen molar-refractivity contribution in [3.8, 4) is 17.2 Å². The Morgan fingerprint density at radius 1 is 0.846 bits per heavy atom. The van der Waals surface area contributed by atoms with Crippen LogP contribution >= 0.6 is 28.1 Å². The van der Waals surface area contributed by atoms with Gasteiger partial charge < -0.3 is 19.5 Å². The van der Waals surface area contributed by atoms with E-state index in [-0.39, 0.29) is 12.1 Å². The van der Waals surface area contributed by atoms with E-state index in [1.807, 2.05) is 66.9 Å². The number of anilines is 1. The average Bonchev–Trinajstić information content (AvgIpc) is 3.45. The van der Waals surface area contributed by atoms with Crippen LogP contribution in [0.1, 0.15) is 34.7 Å². The molecule has 39 heavy (non-hydrogen) atoms. The average molecular weight is 596 g/mol. The van der Waals surface area contributed by atoms with E-state index in [4.69, 9.17) is 21.9 Å². The van der Waals surface area contributed by atoms with Crippen molar-refractivity contribution in [2.24, 2.45) is 0 Å². The standard InChI is InChI=1S/C32H27BrN4OS/c1-21-20-26(22(2)36(21)29-14-7-6-12-27(29)33)31-30(28-13-8-9-19-34-28)35-32(39)37(31)23-15-17-25(18-16-23)38-24-10-4-3-5-11-24/h3-20,30-31H,1-2H3,(H,35,39)/t30-,31+/m0/s1. The van der Waals surface area contributed by atoms with Crippen LogP contribution in [0.3, 0.4) is 0 Å². The summed E-state index contributed by atoms with van der Waals surface area (Å²) in [7, 11) is 0. The summed E-state index contributed by atoms with van der Waals surface area (Å²) in [5.41, 5.74) is 6.54. The molecule has 0 aliphatic carbocycles. The number of ether oxygens (including phenoxy) is 1. The highest BCUT2D eigenvalue weighted by atomic mass is 79.9. The first-order valence-electron chi connectivity index (χ1n) is 12.8. The van der Waals surface area contributed by atoms with E-state index < -0.39 is 0 Å². The van der Waals surface area contributed by atoms with E-state index in [9.17, 15) is 0 Å². The summed E-state index contributed by atoms with van der Waals surface area (Å²) in [5, 5.41) is 4.24. The predicted molar refractivity (Wildman–Crippen MR) is 164 cm³/mol. The number of pyridine rings is 1. The molecule has 194 valence electrons. The molecule has 5 aromatic rings. The number of rotatable bonds is 6. The van der Waals surface area contributed by atoms with Gasteiger partial charge in [0.2, 0.25) is 0 Å².